The smallest absolute Gasteiger partial charge is 0.330 e. The Bertz CT molecular complexity index is 524. The number of rotatable bonds is 6. The lowest BCUT2D eigenvalue weighted by Crippen LogP contribution is -2.48. The van der Waals surface area contributed by atoms with E-state index >= 15 is 0 Å². The molecule has 1 rings (SSSR count). The maximum atomic E-state index is 14.2. The number of carbonyl (C=O) groups excluding carboxylic acids is 1. The number of carbonyl (C=O) groups is 1. The second kappa shape index (κ2) is 6.92. The second-order valence-corrected chi connectivity index (χ2v) is 4.22. The maximum absolute atomic E-state index is 14.2. The van der Waals surface area contributed by atoms with Crippen molar-refractivity contribution in [2.75, 3.05) is 20.3 Å². The van der Waals surface area contributed by atoms with E-state index in [1.54, 1.807) is 13.0 Å². The minimum absolute atomic E-state index is 0.0798. The van der Waals surface area contributed by atoms with Crippen molar-refractivity contribution in [3.05, 3.63) is 29.6 Å². The lowest BCUT2D eigenvalue weighted by atomic mass is 9.90. The minimum atomic E-state index is -1.42. The van der Waals surface area contributed by atoms with Crippen LogP contribution in [0.1, 0.15) is 19.4 Å². The molecule has 0 heterocycles. The van der Waals surface area contributed by atoms with Gasteiger partial charge in [0.05, 0.1) is 25.8 Å². The van der Waals surface area contributed by atoms with Gasteiger partial charge >= 0.3 is 5.97 Å². The van der Waals surface area contributed by atoms with Gasteiger partial charge in [0.2, 0.25) is 0 Å². The summed E-state index contributed by atoms with van der Waals surface area (Å²) in [6.45, 7) is 3.47. The molecule has 0 spiro atoms. The quantitative estimate of drug-likeness (QED) is 0.637. The van der Waals surface area contributed by atoms with Crippen molar-refractivity contribution in [1.29, 1.82) is 0 Å². The molecular weight excluding hydrogens is 261 g/mol. The largest absolute Gasteiger partial charge is 0.496 e. The van der Waals surface area contributed by atoms with E-state index in [9.17, 15) is 9.18 Å². The summed E-state index contributed by atoms with van der Waals surface area (Å²) < 4.78 is 24.3. The molecule has 1 aromatic carbocycles. The first-order chi connectivity index (χ1) is 9.51. The van der Waals surface area contributed by atoms with Gasteiger partial charge in [0.25, 0.3) is 0 Å². The van der Waals surface area contributed by atoms with Crippen LogP contribution in [0.2, 0.25) is 0 Å². The number of ether oxygens (including phenoxy) is 2. The van der Waals surface area contributed by atoms with Crippen LogP contribution in [0.5, 0.6) is 5.75 Å². The lowest BCUT2D eigenvalue weighted by molar-refractivity contribution is -0.151. The van der Waals surface area contributed by atoms with Crippen LogP contribution in [0, 0.1) is 18.2 Å². The highest BCUT2D eigenvalue weighted by atomic mass is 19.1. The van der Waals surface area contributed by atoms with Crippen LogP contribution >= 0.6 is 0 Å². The minimum Gasteiger partial charge on any atom is -0.496 e. The zero-order valence-electron chi connectivity index (χ0n) is 11.8. The maximum Gasteiger partial charge on any atom is 0.330 e. The second-order valence-electron chi connectivity index (χ2n) is 4.22. The number of halogens is 1. The molecule has 0 aromatic heterocycles. The molecule has 1 aromatic rings. The Morgan fingerprint density at radius 2 is 2.25 bits per heavy atom. The van der Waals surface area contributed by atoms with Crippen molar-refractivity contribution < 1.29 is 18.7 Å². The Hall–Kier alpha value is -2.06. The monoisotopic (exact) mass is 279 g/mol. The van der Waals surface area contributed by atoms with E-state index in [1.165, 1.54) is 26.2 Å². The first kappa shape index (κ1) is 16.0. The molecule has 1 atom stereocenters. The molecule has 0 aliphatic heterocycles. The Morgan fingerprint density at radius 3 is 2.80 bits per heavy atom. The summed E-state index contributed by atoms with van der Waals surface area (Å²) in [5, 5.41) is 2.83. The van der Waals surface area contributed by atoms with Crippen molar-refractivity contribution in [2.24, 2.45) is 0 Å². The summed E-state index contributed by atoms with van der Waals surface area (Å²) in [5.41, 5.74) is -1.34. The van der Waals surface area contributed by atoms with Crippen LogP contribution in [0.3, 0.4) is 0 Å². The molecule has 1 N–H and O–H groups in total. The summed E-state index contributed by atoms with van der Waals surface area (Å²) in [6, 6.07) is 4.34. The van der Waals surface area contributed by atoms with E-state index in [4.69, 9.17) is 15.9 Å². The summed E-state index contributed by atoms with van der Waals surface area (Å²) in [5.74, 6) is 1.44. The van der Waals surface area contributed by atoms with Crippen LogP contribution in [-0.4, -0.2) is 26.2 Å². The van der Waals surface area contributed by atoms with Crippen LogP contribution in [0.25, 0.3) is 0 Å². The molecular formula is C15H18FNO3. The predicted octanol–water partition coefficient (Wildman–Crippen LogP) is 1.84. The fourth-order valence-corrected chi connectivity index (χ4v) is 1.93. The molecule has 4 nitrogen and oxygen atoms in total. The molecule has 0 aliphatic carbocycles. The third kappa shape index (κ3) is 3.09. The molecule has 0 bridgehead atoms. The molecule has 0 amide bonds. The highest BCUT2D eigenvalue weighted by Crippen LogP contribution is 2.33. The topological polar surface area (TPSA) is 47.6 Å². The number of methoxy groups -OCH3 is 1. The van der Waals surface area contributed by atoms with E-state index in [0.29, 0.717) is 0 Å². The number of hydrogen-bond acceptors (Lipinski definition) is 4. The number of nitrogens with one attached hydrogen (secondary N) is 1. The molecule has 0 saturated heterocycles. The van der Waals surface area contributed by atoms with Gasteiger partial charge in [-0.1, -0.05) is 12.0 Å². The fourth-order valence-electron chi connectivity index (χ4n) is 1.93. The summed E-state index contributed by atoms with van der Waals surface area (Å²) in [6.07, 6.45) is 5.21. The third-order valence-electron chi connectivity index (χ3n) is 2.92. The third-order valence-corrected chi connectivity index (χ3v) is 2.92. The lowest BCUT2D eigenvalue weighted by Gasteiger charge is -2.29. The summed E-state index contributed by atoms with van der Waals surface area (Å²) in [4.78, 5) is 12.2. The van der Waals surface area contributed by atoms with Gasteiger partial charge in [0.15, 0.2) is 0 Å². The van der Waals surface area contributed by atoms with Gasteiger partial charge < -0.3 is 9.47 Å². The van der Waals surface area contributed by atoms with Gasteiger partial charge in [-0.05, 0) is 26.0 Å². The molecule has 20 heavy (non-hydrogen) atoms. The summed E-state index contributed by atoms with van der Waals surface area (Å²) in [7, 11) is 1.41. The Labute approximate surface area is 118 Å². The zero-order valence-corrected chi connectivity index (χ0v) is 11.8. The predicted molar refractivity (Wildman–Crippen MR) is 73.8 cm³/mol. The van der Waals surface area contributed by atoms with Crippen molar-refractivity contribution in [2.45, 2.75) is 19.4 Å². The molecule has 108 valence electrons. The SMILES string of the molecule is C#CCNC(C)(C(=O)OCC)c1c(F)cccc1OC. The van der Waals surface area contributed by atoms with E-state index in [0.717, 1.165) is 0 Å². The van der Waals surface area contributed by atoms with Crippen molar-refractivity contribution in [3.8, 4) is 18.1 Å². The van der Waals surface area contributed by atoms with Crippen LogP contribution in [0.15, 0.2) is 18.2 Å². The van der Waals surface area contributed by atoms with E-state index in [2.05, 4.69) is 11.2 Å². The zero-order chi connectivity index (χ0) is 15.2. The molecule has 0 saturated carbocycles. The molecule has 1 unspecified atom stereocenters. The highest BCUT2D eigenvalue weighted by molar-refractivity contribution is 5.83. The van der Waals surface area contributed by atoms with Gasteiger partial charge in [-0.3, -0.25) is 5.32 Å². The number of hydrogen-bond donors (Lipinski definition) is 1. The average Bonchev–Trinajstić information content (AvgIpc) is 2.44. The standard InChI is InChI=1S/C15H18FNO3/c1-5-10-17-15(3,14(18)20-6-2)13-11(16)8-7-9-12(13)19-4/h1,7-9,17H,6,10H2,2-4H3. The van der Waals surface area contributed by atoms with Crippen LogP contribution in [0.4, 0.5) is 4.39 Å². The van der Waals surface area contributed by atoms with Crippen LogP contribution in [-0.2, 0) is 15.1 Å². The van der Waals surface area contributed by atoms with Gasteiger partial charge in [-0.2, -0.15) is 0 Å². The first-order valence-electron chi connectivity index (χ1n) is 6.20. The van der Waals surface area contributed by atoms with Crippen molar-refractivity contribution in [3.63, 3.8) is 0 Å². The summed E-state index contributed by atoms with van der Waals surface area (Å²) >= 11 is 0. The molecule has 0 radical (unpaired) electrons. The number of terminal acetylenes is 1. The van der Waals surface area contributed by atoms with E-state index in [1.807, 2.05) is 0 Å². The van der Waals surface area contributed by atoms with Gasteiger partial charge in [-0.15, -0.1) is 6.42 Å². The first-order valence-corrected chi connectivity index (χ1v) is 6.20. The number of esters is 1. The van der Waals surface area contributed by atoms with Crippen molar-refractivity contribution >= 4 is 5.97 Å². The Kier molecular flexibility index (Phi) is 5.53. The Balaban J connectivity index is 3.37. The molecule has 0 fully saturated rings. The van der Waals surface area contributed by atoms with E-state index in [-0.39, 0.29) is 24.5 Å². The molecule has 0 aliphatic rings. The highest BCUT2D eigenvalue weighted by Gasteiger charge is 2.41. The van der Waals surface area contributed by atoms with Gasteiger partial charge in [0, 0.05) is 0 Å². The average molecular weight is 279 g/mol. The van der Waals surface area contributed by atoms with Gasteiger partial charge in [0.1, 0.15) is 17.1 Å². The van der Waals surface area contributed by atoms with E-state index < -0.39 is 17.3 Å². The normalized spacial score (nSPS) is 13.2. The number of benzene rings is 1. The fraction of sp³-hybridized carbons (Fsp3) is 0.400. The van der Waals surface area contributed by atoms with Crippen molar-refractivity contribution in [1.82, 2.24) is 5.32 Å². The van der Waals surface area contributed by atoms with Gasteiger partial charge in [-0.25, -0.2) is 9.18 Å². The molecule has 5 heteroatoms. The Morgan fingerprint density at radius 1 is 1.55 bits per heavy atom. The van der Waals surface area contributed by atoms with Crippen LogP contribution < -0.4 is 10.1 Å².